The molecule has 32 heavy (non-hydrogen) atoms. The molecule has 1 aliphatic heterocycles. The van der Waals surface area contributed by atoms with E-state index in [1.807, 2.05) is 47.2 Å². The molecule has 7 nitrogen and oxygen atoms in total. The third-order valence-corrected chi connectivity index (χ3v) is 6.88. The van der Waals surface area contributed by atoms with Crippen molar-refractivity contribution in [3.63, 3.8) is 0 Å². The van der Waals surface area contributed by atoms with Crippen molar-refractivity contribution in [3.8, 4) is 17.0 Å². The zero-order chi connectivity index (χ0) is 21.9. The number of ether oxygens (including phenoxy) is 1. The van der Waals surface area contributed by atoms with Gasteiger partial charge in [0, 0.05) is 17.4 Å². The molecule has 1 aliphatic rings. The molecule has 0 aliphatic carbocycles. The normalized spacial score (nSPS) is 12.4. The van der Waals surface area contributed by atoms with E-state index in [0.29, 0.717) is 11.7 Å². The van der Waals surface area contributed by atoms with Crippen molar-refractivity contribution in [1.82, 2.24) is 19.7 Å². The Kier molecular flexibility index (Phi) is 5.91. The van der Waals surface area contributed by atoms with Crippen LogP contribution in [-0.2, 0) is 17.8 Å². The number of hydrogen-bond acceptors (Lipinski definition) is 7. The van der Waals surface area contributed by atoms with Gasteiger partial charge < -0.3 is 14.6 Å². The minimum atomic E-state index is -0.120. The molecule has 0 saturated heterocycles. The largest absolute Gasteiger partial charge is 0.493 e. The number of thioether (sulfide) groups is 1. The molecule has 0 bridgehead atoms. The standard InChI is InChI=1S/C23H21N5O2S2/c1-15-26-27-23(28(15)12-16-5-3-2-4-6-16)32-14-21(29)25-22-24-19(13-31-22)17-7-8-20-18(11-17)9-10-30-20/h2-8,11,13H,9-10,12,14H2,1H3,(H,24,25,29). The molecule has 0 radical (unpaired) electrons. The predicted octanol–water partition coefficient (Wildman–Crippen LogP) is 4.42. The molecule has 1 amide bonds. The van der Waals surface area contributed by atoms with Gasteiger partial charge in [-0.05, 0) is 36.2 Å². The summed E-state index contributed by atoms with van der Waals surface area (Å²) in [6.07, 6.45) is 0.919. The third-order valence-electron chi connectivity index (χ3n) is 5.15. The lowest BCUT2D eigenvalue weighted by molar-refractivity contribution is -0.113. The van der Waals surface area contributed by atoms with Gasteiger partial charge in [-0.15, -0.1) is 21.5 Å². The number of anilines is 1. The zero-order valence-corrected chi connectivity index (χ0v) is 19.1. The Hall–Kier alpha value is -3.17. The summed E-state index contributed by atoms with van der Waals surface area (Å²) in [5.41, 5.74) is 4.25. The lowest BCUT2D eigenvalue weighted by atomic mass is 10.1. The molecule has 4 aromatic rings. The van der Waals surface area contributed by atoms with Gasteiger partial charge in [0.2, 0.25) is 5.91 Å². The minimum Gasteiger partial charge on any atom is -0.493 e. The smallest absolute Gasteiger partial charge is 0.236 e. The average molecular weight is 464 g/mol. The van der Waals surface area contributed by atoms with Gasteiger partial charge in [-0.3, -0.25) is 4.79 Å². The third kappa shape index (κ3) is 4.53. The molecule has 9 heteroatoms. The van der Waals surface area contributed by atoms with Crippen molar-refractivity contribution < 1.29 is 9.53 Å². The van der Waals surface area contributed by atoms with E-state index in [1.54, 1.807) is 0 Å². The fourth-order valence-electron chi connectivity index (χ4n) is 3.51. The number of rotatable bonds is 7. The summed E-state index contributed by atoms with van der Waals surface area (Å²) < 4.78 is 7.59. The van der Waals surface area contributed by atoms with Crippen LogP contribution < -0.4 is 10.1 Å². The summed E-state index contributed by atoms with van der Waals surface area (Å²) in [7, 11) is 0. The molecule has 0 atom stereocenters. The van der Waals surface area contributed by atoms with Crippen LogP contribution in [-0.4, -0.2) is 38.0 Å². The maximum absolute atomic E-state index is 12.5. The van der Waals surface area contributed by atoms with E-state index in [0.717, 1.165) is 46.6 Å². The van der Waals surface area contributed by atoms with Crippen molar-refractivity contribution in [2.75, 3.05) is 17.7 Å². The van der Waals surface area contributed by atoms with Crippen LogP contribution in [0.1, 0.15) is 17.0 Å². The molecule has 0 fully saturated rings. The number of aromatic nitrogens is 4. The number of fused-ring (bicyclic) bond motifs is 1. The second kappa shape index (κ2) is 9.13. The molecule has 0 saturated carbocycles. The quantitative estimate of drug-likeness (QED) is 0.409. The number of nitrogens with zero attached hydrogens (tertiary/aromatic N) is 4. The molecule has 3 heterocycles. The Balaban J connectivity index is 1.20. The second-order valence-corrected chi connectivity index (χ2v) is 9.20. The highest BCUT2D eigenvalue weighted by Gasteiger charge is 2.16. The Labute approximate surface area is 193 Å². The number of carbonyl (C=O) groups excluding carboxylic acids is 1. The summed E-state index contributed by atoms with van der Waals surface area (Å²) in [4.78, 5) is 17.1. The molecule has 0 unspecified atom stereocenters. The summed E-state index contributed by atoms with van der Waals surface area (Å²) in [5, 5.41) is 14.6. The Bertz CT molecular complexity index is 1250. The van der Waals surface area contributed by atoms with Gasteiger partial charge in [0.1, 0.15) is 11.6 Å². The van der Waals surface area contributed by atoms with Crippen LogP contribution in [0.25, 0.3) is 11.3 Å². The van der Waals surface area contributed by atoms with E-state index >= 15 is 0 Å². The Morgan fingerprint density at radius 3 is 2.97 bits per heavy atom. The fourth-order valence-corrected chi connectivity index (χ4v) is 5.03. The van der Waals surface area contributed by atoms with Crippen molar-refractivity contribution >= 4 is 34.1 Å². The first-order valence-electron chi connectivity index (χ1n) is 10.2. The molecule has 162 valence electrons. The van der Waals surface area contributed by atoms with E-state index in [-0.39, 0.29) is 11.7 Å². The van der Waals surface area contributed by atoms with Crippen molar-refractivity contribution in [1.29, 1.82) is 0 Å². The minimum absolute atomic E-state index is 0.120. The van der Waals surface area contributed by atoms with Crippen LogP contribution in [0.3, 0.4) is 0 Å². The van der Waals surface area contributed by atoms with Crippen molar-refractivity contribution in [2.45, 2.75) is 25.0 Å². The van der Waals surface area contributed by atoms with E-state index in [9.17, 15) is 4.79 Å². The molecule has 2 aromatic heterocycles. The van der Waals surface area contributed by atoms with Crippen LogP contribution in [0, 0.1) is 6.92 Å². The highest BCUT2D eigenvalue weighted by atomic mass is 32.2. The summed E-state index contributed by atoms with van der Waals surface area (Å²) in [6.45, 7) is 3.32. The van der Waals surface area contributed by atoms with Crippen LogP contribution >= 0.6 is 23.1 Å². The summed E-state index contributed by atoms with van der Waals surface area (Å²) in [6, 6.07) is 16.2. The Morgan fingerprint density at radius 2 is 2.09 bits per heavy atom. The lowest BCUT2D eigenvalue weighted by Crippen LogP contribution is -2.14. The highest BCUT2D eigenvalue weighted by Crippen LogP contribution is 2.32. The number of hydrogen-bond donors (Lipinski definition) is 1. The lowest BCUT2D eigenvalue weighted by Gasteiger charge is -2.08. The number of thiazole rings is 1. The van der Waals surface area contributed by atoms with E-state index in [1.165, 1.54) is 28.7 Å². The van der Waals surface area contributed by atoms with Crippen molar-refractivity contribution in [3.05, 3.63) is 70.9 Å². The zero-order valence-electron chi connectivity index (χ0n) is 17.4. The van der Waals surface area contributed by atoms with Crippen molar-refractivity contribution in [2.24, 2.45) is 0 Å². The average Bonchev–Trinajstić information content (AvgIpc) is 3.54. The van der Waals surface area contributed by atoms with Gasteiger partial charge in [0.25, 0.3) is 0 Å². The van der Waals surface area contributed by atoms with E-state index in [4.69, 9.17) is 4.74 Å². The maximum atomic E-state index is 12.5. The number of carbonyl (C=O) groups is 1. The first kappa shape index (κ1) is 20.7. The van der Waals surface area contributed by atoms with Gasteiger partial charge in [0.15, 0.2) is 10.3 Å². The first-order valence-corrected chi connectivity index (χ1v) is 12.1. The van der Waals surface area contributed by atoms with E-state index < -0.39 is 0 Å². The van der Waals surface area contributed by atoms with Crippen LogP contribution in [0.5, 0.6) is 5.75 Å². The number of nitrogens with one attached hydrogen (secondary N) is 1. The topological polar surface area (TPSA) is 81.9 Å². The fraction of sp³-hybridized carbons (Fsp3) is 0.217. The number of aryl methyl sites for hydroxylation is 1. The molecular formula is C23H21N5O2S2. The van der Waals surface area contributed by atoms with Gasteiger partial charge in [-0.25, -0.2) is 4.98 Å². The van der Waals surface area contributed by atoms with Gasteiger partial charge in [-0.1, -0.05) is 42.1 Å². The van der Waals surface area contributed by atoms with Gasteiger partial charge in [0.05, 0.1) is 24.6 Å². The summed E-state index contributed by atoms with van der Waals surface area (Å²) in [5.74, 6) is 1.88. The molecule has 2 aromatic carbocycles. The van der Waals surface area contributed by atoms with Crippen LogP contribution in [0.4, 0.5) is 5.13 Å². The predicted molar refractivity (Wildman–Crippen MR) is 126 cm³/mol. The maximum Gasteiger partial charge on any atom is 0.236 e. The number of benzene rings is 2. The Morgan fingerprint density at radius 1 is 1.22 bits per heavy atom. The number of amides is 1. The molecule has 1 N–H and O–H groups in total. The van der Waals surface area contributed by atoms with Crippen LogP contribution in [0.15, 0.2) is 59.1 Å². The van der Waals surface area contributed by atoms with Gasteiger partial charge in [-0.2, -0.15) is 0 Å². The first-order chi connectivity index (χ1) is 15.7. The van der Waals surface area contributed by atoms with E-state index in [2.05, 4.69) is 38.7 Å². The molecule has 0 spiro atoms. The second-order valence-electron chi connectivity index (χ2n) is 7.40. The molecule has 5 rings (SSSR count). The monoisotopic (exact) mass is 463 g/mol. The van der Waals surface area contributed by atoms with Gasteiger partial charge >= 0.3 is 0 Å². The SMILES string of the molecule is Cc1nnc(SCC(=O)Nc2nc(-c3ccc4c(c3)CCO4)cs2)n1Cc1ccccc1. The highest BCUT2D eigenvalue weighted by molar-refractivity contribution is 7.99. The van der Waals surface area contributed by atoms with Crippen LogP contribution in [0.2, 0.25) is 0 Å². The summed E-state index contributed by atoms with van der Waals surface area (Å²) >= 11 is 2.79. The molecular weight excluding hydrogens is 442 g/mol.